The van der Waals surface area contributed by atoms with Crippen LogP contribution in [0.4, 0.5) is 5.69 Å². The average Bonchev–Trinajstić information content (AvgIpc) is 3.30. The van der Waals surface area contributed by atoms with Gasteiger partial charge in [-0.05, 0) is 71.6 Å². The first-order valence-electron chi connectivity index (χ1n) is 14.4. The fraction of sp³-hybridized carbons (Fsp3) is 0.455. The SMILES string of the molecule is CCOc1cccc([C@H]2C3=CC[C@@H]4C(=O)N(C(C)(C)C)C(=O)[C@@H]4[C@@H]3C[C@H]3C(=O)N(c4ccccc4)C(=O)[C@@]23C)c1O. The number of phenolic OH excluding ortho intramolecular Hbond substituents is 1. The summed E-state index contributed by atoms with van der Waals surface area (Å²) in [4.78, 5) is 58.7. The second-order valence-electron chi connectivity index (χ2n) is 12.8. The second kappa shape index (κ2) is 9.29. The largest absolute Gasteiger partial charge is 0.504 e. The highest BCUT2D eigenvalue weighted by molar-refractivity contribution is 6.24. The van der Waals surface area contributed by atoms with Crippen LogP contribution in [0.25, 0.3) is 0 Å². The van der Waals surface area contributed by atoms with Crippen molar-refractivity contribution in [1.82, 2.24) is 4.90 Å². The predicted molar refractivity (Wildman–Crippen MR) is 152 cm³/mol. The maximum absolute atomic E-state index is 14.4. The smallest absolute Gasteiger partial charge is 0.241 e. The molecule has 8 heteroatoms. The maximum Gasteiger partial charge on any atom is 0.241 e. The Morgan fingerprint density at radius 1 is 0.951 bits per heavy atom. The van der Waals surface area contributed by atoms with Gasteiger partial charge in [0.2, 0.25) is 23.6 Å². The molecule has 6 rings (SSSR count). The molecule has 0 aromatic heterocycles. The molecular formula is C33H36N2O6. The molecule has 41 heavy (non-hydrogen) atoms. The third-order valence-electron chi connectivity index (χ3n) is 9.60. The number of likely N-dealkylation sites (tertiary alicyclic amines) is 1. The Labute approximate surface area is 240 Å². The molecule has 2 heterocycles. The summed E-state index contributed by atoms with van der Waals surface area (Å²) in [6.07, 6.45) is 2.63. The van der Waals surface area contributed by atoms with Crippen molar-refractivity contribution in [2.45, 2.75) is 58.9 Å². The molecule has 0 spiro atoms. The molecule has 6 atom stereocenters. The molecule has 2 aliphatic carbocycles. The van der Waals surface area contributed by atoms with E-state index in [2.05, 4.69) is 0 Å². The lowest BCUT2D eigenvalue weighted by atomic mass is 9.51. The van der Waals surface area contributed by atoms with E-state index in [0.29, 0.717) is 30.0 Å². The number of rotatable bonds is 4. The number of nitrogens with zero attached hydrogens (tertiary/aromatic N) is 2. The van der Waals surface area contributed by atoms with Crippen molar-refractivity contribution in [2.24, 2.45) is 29.1 Å². The monoisotopic (exact) mass is 556 g/mol. The number of aromatic hydroxyl groups is 1. The zero-order valence-corrected chi connectivity index (χ0v) is 24.1. The minimum Gasteiger partial charge on any atom is -0.504 e. The summed E-state index contributed by atoms with van der Waals surface area (Å²) in [5.41, 5.74) is -0.0909. The lowest BCUT2D eigenvalue weighted by Gasteiger charge is -2.49. The van der Waals surface area contributed by atoms with Crippen molar-refractivity contribution < 1.29 is 29.0 Å². The van der Waals surface area contributed by atoms with Crippen LogP contribution < -0.4 is 9.64 Å². The fourth-order valence-corrected chi connectivity index (χ4v) is 7.89. The number of amides is 4. The molecule has 0 radical (unpaired) electrons. The normalized spacial score (nSPS) is 31.1. The molecule has 0 unspecified atom stereocenters. The number of carbonyl (C=O) groups excluding carboxylic acids is 4. The summed E-state index contributed by atoms with van der Waals surface area (Å²) in [5.74, 6) is -3.86. The van der Waals surface area contributed by atoms with Gasteiger partial charge >= 0.3 is 0 Å². The van der Waals surface area contributed by atoms with Crippen molar-refractivity contribution in [3.05, 3.63) is 65.7 Å². The van der Waals surface area contributed by atoms with E-state index in [4.69, 9.17) is 4.74 Å². The molecule has 2 aromatic rings. The summed E-state index contributed by atoms with van der Waals surface area (Å²) in [7, 11) is 0. The summed E-state index contributed by atoms with van der Waals surface area (Å²) < 4.78 is 5.70. The summed E-state index contributed by atoms with van der Waals surface area (Å²) in [6, 6.07) is 14.1. The van der Waals surface area contributed by atoms with Gasteiger partial charge in [0, 0.05) is 17.0 Å². The molecular weight excluding hydrogens is 520 g/mol. The van der Waals surface area contributed by atoms with E-state index in [0.717, 1.165) is 5.57 Å². The molecule has 4 aliphatic rings. The van der Waals surface area contributed by atoms with E-state index in [9.17, 15) is 24.3 Å². The lowest BCUT2D eigenvalue weighted by molar-refractivity contribution is -0.145. The second-order valence-corrected chi connectivity index (χ2v) is 12.8. The fourth-order valence-electron chi connectivity index (χ4n) is 7.89. The van der Waals surface area contributed by atoms with Crippen LogP contribution in [-0.4, -0.2) is 45.8 Å². The van der Waals surface area contributed by atoms with Crippen LogP contribution in [0.2, 0.25) is 0 Å². The summed E-state index contributed by atoms with van der Waals surface area (Å²) in [5, 5.41) is 11.5. The Hall–Kier alpha value is -3.94. The Morgan fingerprint density at radius 2 is 1.66 bits per heavy atom. The molecule has 0 bridgehead atoms. The number of carbonyl (C=O) groups is 4. The van der Waals surface area contributed by atoms with Gasteiger partial charge in [-0.2, -0.15) is 0 Å². The quantitative estimate of drug-likeness (QED) is 0.428. The zero-order valence-electron chi connectivity index (χ0n) is 24.1. The molecule has 4 amide bonds. The Morgan fingerprint density at radius 3 is 2.32 bits per heavy atom. The van der Waals surface area contributed by atoms with Gasteiger partial charge in [-0.3, -0.25) is 24.1 Å². The van der Waals surface area contributed by atoms with Crippen LogP contribution in [0, 0.1) is 29.1 Å². The van der Waals surface area contributed by atoms with E-state index in [-0.39, 0.29) is 35.8 Å². The van der Waals surface area contributed by atoms with Crippen LogP contribution >= 0.6 is 0 Å². The molecule has 2 aromatic carbocycles. The number of imide groups is 2. The summed E-state index contributed by atoms with van der Waals surface area (Å²) >= 11 is 0. The lowest BCUT2D eigenvalue weighted by Crippen LogP contribution is -2.49. The number of fused-ring (bicyclic) bond motifs is 4. The van der Waals surface area contributed by atoms with Gasteiger partial charge in [-0.25, -0.2) is 4.90 Å². The highest BCUT2D eigenvalue weighted by Crippen LogP contribution is 2.65. The predicted octanol–water partition coefficient (Wildman–Crippen LogP) is 4.82. The van der Waals surface area contributed by atoms with Crippen molar-refractivity contribution >= 4 is 29.3 Å². The van der Waals surface area contributed by atoms with E-state index in [1.807, 2.05) is 46.8 Å². The summed E-state index contributed by atoms with van der Waals surface area (Å²) in [6.45, 7) is 9.53. The number of benzene rings is 2. The van der Waals surface area contributed by atoms with E-state index < -0.39 is 40.5 Å². The molecule has 2 saturated heterocycles. The zero-order chi connectivity index (χ0) is 29.4. The standard InChI is InChI=1S/C33H36N2O6/c1-6-41-24-14-10-13-21(27(24)36)26-19-15-16-20-25(30(39)35(28(20)37)32(2,3)4)22(19)17-23-29(38)34(31(40)33(23,26)5)18-11-8-7-9-12-18/h7-15,20,22-23,25-26,36H,6,16-17H2,1-5H3/t20-,22+,23-,25-,26+,33+/m0/s1. The van der Waals surface area contributed by atoms with Crippen LogP contribution in [0.1, 0.15) is 58.9 Å². The van der Waals surface area contributed by atoms with Gasteiger partial charge in [0.1, 0.15) is 0 Å². The Kier molecular flexibility index (Phi) is 6.17. The number of hydrogen-bond acceptors (Lipinski definition) is 6. The van der Waals surface area contributed by atoms with Gasteiger partial charge in [0.05, 0.1) is 35.5 Å². The molecule has 214 valence electrons. The number of anilines is 1. The first-order chi connectivity index (χ1) is 19.4. The van der Waals surface area contributed by atoms with Crippen molar-refractivity contribution in [2.75, 3.05) is 11.5 Å². The Balaban J connectivity index is 1.54. The van der Waals surface area contributed by atoms with Crippen LogP contribution in [-0.2, 0) is 19.2 Å². The number of allylic oxidation sites excluding steroid dienone is 2. The van der Waals surface area contributed by atoms with Gasteiger partial charge < -0.3 is 9.84 Å². The highest BCUT2D eigenvalue weighted by Gasteiger charge is 2.68. The van der Waals surface area contributed by atoms with Crippen LogP contribution in [0.15, 0.2) is 60.2 Å². The van der Waals surface area contributed by atoms with Gasteiger partial charge in [-0.15, -0.1) is 0 Å². The molecule has 1 saturated carbocycles. The third kappa shape index (κ3) is 3.72. The number of ether oxygens (including phenoxy) is 1. The molecule has 3 fully saturated rings. The van der Waals surface area contributed by atoms with E-state index in [1.165, 1.54) is 9.80 Å². The van der Waals surface area contributed by atoms with Gasteiger partial charge in [0.25, 0.3) is 0 Å². The first-order valence-corrected chi connectivity index (χ1v) is 14.4. The Bertz CT molecular complexity index is 1490. The maximum atomic E-state index is 14.4. The van der Waals surface area contributed by atoms with Crippen LogP contribution in [0.3, 0.4) is 0 Å². The van der Waals surface area contributed by atoms with Crippen molar-refractivity contribution in [1.29, 1.82) is 0 Å². The number of para-hydroxylation sites is 2. The van der Waals surface area contributed by atoms with Crippen molar-refractivity contribution in [3.8, 4) is 11.5 Å². The highest BCUT2D eigenvalue weighted by atomic mass is 16.5. The van der Waals surface area contributed by atoms with Crippen molar-refractivity contribution in [3.63, 3.8) is 0 Å². The minimum absolute atomic E-state index is 0.0773. The average molecular weight is 557 g/mol. The molecule has 8 nitrogen and oxygen atoms in total. The van der Waals surface area contributed by atoms with E-state index in [1.54, 1.807) is 42.5 Å². The van der Waals surface area contributed by atoms with Gasteiger partial charge in [0.15, 0.2) is 11.5 Å². The molecule has 2 aliphatic heterocycles. The van der Waals surface area contributed by atoms with Gasteiger partial charge in [-0.1, -0.05) is 42.0 Å². The first kappa shape index (κ1) is 27.2. The topological polar surface area (TPSA) is 104 Å². The number of phenols is 1. The van der Waals surface area contributed by atoms with E-state index >= 15 is 0 Å². The molecule has 1 N–H and O–H groups in total. The van der Waals surface area contributed by atoms with Crippen LogP contribution in [0.5, 0.6) is 11.5 Å². The number of hydrogen-bond donors (Lipinski definition) is 1. The minimum atomic E-state index is -1.22. The third-order valence-corrected chi connectivity index (χ3v) is 9.60.